The van der Waals surface area contributed by atoms with Crippen molar-refractivity contribution in [3.8, 4) is 5.82 Å². The molecular formula is C25H14ClF3N6O2. The maximum absolute atomic E-state index is 15.2. The van der Waals surface area contributed by atoms with Crippen LogP contribution in [-0.4, -0.2) is 31.6 Å². The van der Waals surface area contributed by atoms with Crippen molar-refractivity contribution >= 4 is 45.8 Å². The first-order valence-electron chi connectivity index (χ1n) is 10.6. The maximum Gasteiger partial charge on any atom is 0.323 e. The molecule has 2 N–H and O–H groups in total. The third kappa shape index (κ3) is 4.84. The maximum atomic E-state index is 15.2. The van der Waals surface area contributed by atoms with E-state index >= 15 is 4.39 Å². The second-order valence-electron chi connectivity index (χ2n) is 7.70. The minimum Gasteiger partial charge on any atom is -0.308 e. The van der Waals surface area contributed by atoms with Crippen molar-refractivity contribution in [1.29, 1.82) is 0 Å². The van der Waals surface area contributed by atoms with Crippen LogP contribution in [0.3, 0.4) is 0 Å². The van der Waals surface area contributed by atoms with Crippen LogP contribution in [0.2, 0.25) is 5.02 Å². The fourth-order valence-corrected chi connectivity index (χ4v) is 3.64. The molecule has 184 valence electrons. The number of aromatic nitrogens is 4. The number of anilines is 2. The average molecular weight is 523 g/mol. The Morgan fingerprint density at radius 3 is 2.51 bits per heavy atom. The van der Waals surface area contributed by atoms with E-state index in [1.54, 1.807) is 18.5 Å². The highest BCUT2D eigenvalue weighted by molar-refractivity contribution is 6.30. The predicted molar refractivity (Wildman–Crippen MR) is 131 cm³/mol. The molecule has 12 heteroatoms. The van der Waals surface area contributed by atoms with Gasteiger partial charge in [-0.15, -0.1) is 0 Å². The second kappa shape index (κ2) is 9.70. The van der Waals surface area contributed by atoms with Gasteiger partial charge in [0.2, 0.25) is 0 Å². The number of hydrogen-bond donors (Lipinski definition) is 2. The quantitative estimate of drug-likeness (QED) is 0.286. The van der Waals surface area contributed by atoms with Gasteiger partial charge in [0, 0.05) is 23.6 Å². The van der Waals surface area contributed by atoms with Gasteiger partial charge in [0.25, 0.3) is 0 Å². The molecule has 5 rings (SSSR count). The van der Waals surface area contributed by atoms with Crippen molar-refractivity contribution in [2.45, 2.75) is 0 Å². The molecule has 0 radical (unpaired) electrons. The number of ketones is 1. The largest absolute Gasteiger partial charge is 0.323 e. The number of nitrogens with one attached hydrogen (secondary N) is 2. The number of urea groups is 1. The number of fused-ring (bicyclic) bond motifs is 1. The Morgan fingerprint density at radius 1 is 0.919 bits per heavy atom. The molecule has 2 aromatic heterocycles. The van der Waals surface area contributed by atoms with Gasteiger partial charge < -0.3 is 10.6 Å². The Kier molecular flexibility index (Phi) is 6.28. The summed E-state index contributed by atoms with van der Waals surface area (Å²) in [6.07, 6.45) is 4.72. The van der Waals surface area contributed by atoms with Gasteiger partial charge in [-0.25, -0.2) is 27.6 Å². The van der Waals surface area contributed by atoms with Crippen LogP contribution in [0.15, 0.2) is 73.2 Å². The van der Waals surface area contributed by atoms with Crippen LogP contribution in [0.5, 0.6) is 0 Å². The minimum atomic E-state index is -1.28. The lowest BCUT2D eigenvalue weighted by Gasteiger charge is -2.12. The van der Waals surface area contributed by atoms with Crippen LogP contribution in [0.1, 0.15) is 15.9 Å². The summed E-state index contributed by atoms with van der Waals surface area (Å²) in [7, 11) is 0. The van der Waals surface area contributed by atoms with Gasteiger partial charge in [-0.1, -0.05) is 11.6 Å². The summed E-state index contributed by atoms with van der Waals surface area (Å²) < 4.78 is 44.9. The van der Waals surface area contributed by atoms with Gasteiger partial charge in [0.1, 0.15) is 11.6 Å². The molecule has 3 aromatic carbocycles. The number of carbonyl (C=O) groups is 2. The number of halogens is 4. The van der Waals surface area contributed by atoms with Crippen LogP contribution in [0, 0.1) is 17.5 Å². The SMILES string of the molecule is O=C(Nc1ccc(Cl)c(F)c1)Nc1ccc(F)c(C(=O)c2ccc3ncc(-n4cccn4)nc3c2)c1F. The van der Waals surface area contributed by atoms with Crippen molar-refractivity contribution in [2.24, 2.45) is 0 Å². The van der Waals surface area contributed by atoms with Crippen molar-refractivity contribution < 1.29 is 22.8 Å². The number of benzene rings is 3. The van der Waals surface area contributed by atoms with Crippen LogP contribution in [-0.2, 0) is 0 Å². The van der Waals surface area contributed by atoms with Gasteiger partial charge in [-0.05, 0) is 54.6 Å². The van der Waals surface area contributed by atoms with Gasteiger partial charge in [0.05, 0.1) is 33.5 Å². The molecule has 0 aliphatic rings. The van der Waals surface area contributed by atoms with Crippen LogP contribution in [0.4, 0.5) is 29.3 Å². The monoisotopic (exact) mass is 522 g/mol. The predicted octanol–water partition coefficient (Wildman–Crippen LogP) is 5.76. The second-order valence-corrected chi connectivity index (χ2v) is 8.11. The molecule has 0 aliphatic heterocycles. The summed E-state index contributed by atoms with van der Waals surface area (Å²) in [6.45, 7) is 0. The van der Waals surface area contributed by atoms with Crippen molar-refractivity contribution in [3.63, 3.8) is 0 Å². The van der Waals surface area contributed by atoms with E-state index in [2.05, 4.69) is 25.7 Å². The lowest BCUT2D eigenvalue weighted by Crippen LogP contribution is -2.21. The Balaban J connectivity index is 1.43. The number of amides is 2. The lowest BCUT2D eigenvalue weighted by atomic mass is 10.0. The summed E-state index contributed by atoms with van der Waals surface area (Å²) >= 11 is 5.61. The smallest absolute Gasteiger partial charge is 0.308 e. The van der Waals surface area contributed by atoms with Crippen LogP contribution >= 0.6 is 11.6 Å². The molecule has 0 aliphatic carbocycles. The first kappa shape index (κ1) is 23.9. The number of rotatable bonds is 5. The lowest BCUT2D eigenvalue weighted by molar-refractivity contribution is 0.103. The zero-order valence-corrected chi connectivity index (χ0v) is 19.3. The van der Waals surface area contributed by atoms with Crippen LogP contribution < -0.4 is 10.6 Å². The van der Waals surface area contributed by atoms with Gasteiger partial charge in [0.15, 0.2) is 17.4 Å². The first-order chi connectivity index (χ1) is 17.8. The van der Waals surface area contributed by atoms with Crippen molar-refractivity contribution in [2.75, 3.05) is 10.6 Å². The normalized spacial score (nSPS) is 10.9. The number of hydrogen-bond acceptors (Lipinski definition) is 5. The molecule has 0 saturated carbocycles. The molecule has 5 aromatic rings. The van der Waals surface area contributed by atoms with Gasteiger partial charge in [-0.2, -0.15) is 5.10 Å². The molecule has 37 heavy (non-hydrogen) atoms. The molecular weight excluding hydrogens is 509 g/mol. The van der Waals surface area contributed by atoms with Gasteiger partial charge >= 0.3 is 6.03 Å². The van der Waals surface area contributed by atoms with Crippen molar-refractivity contribution in [1.82, 2.24) is 19.7 Å². The van der Waals surface area contributed by atoms with Gasteiger partial charge in [-0.3, -0.25) is 9.78 Å². The third-order valence-electron chi connectivity index (χ3n) is 5.27. The fraction of sp³-hybridized carbons (Fsp3) is 0. The van der Waals surface area contributed by atoms with E-state index in [9.17, 15) is 18.4 Å². The molecule has 0 spiro atoms. The van der Waals surface area contributed by atoms with E-state index < -0.39 is 40.5 Å². The number of nitrogens with zero attached hydrogens (tertiary/aromatic N) is 4. The topological polar surface area (TPSA) is 102 Å². The van der Waals surface area contributed by atoms with Crippen LogP contribution in [0.25, 0.3) is 16.9 Å². The average Bonchev–Trinajstić information content (AvgIpc) is 3.42. The summed E-state index contributed by atoms with van der Waals surface area (Å²) in [5, 5.41) is 8.42. The summed E-state index contributed by atoms with van der Waals surface area (Å²) in [6, 6.07) is 10.3. The number of carbonyl (C=O) groups excluding carboxylic acids is 2. The molecule has 8 nitrogen and oxygen atoms in total. The van der Waals surface area contributed by atoms with E-state index in [-0.39, 0.29) is 16.3 Å². The Bertz CT molecular complexity index is 1680. The molecule has 0 fully saturated rings. The Labute approximate surface area is 211 Å². The molecule has 0 bridgehead atoms. The summed E-state index contributed by atoms with van der Waals surface area (Å²) in [5.74, 6) is -3.75. The fourth-order valence-electron chi connectivity index (χ4n) is 3.52. The highest BCUT2D eigenvalue weighted by atomic mass is 35.5. The van der Waals surface area contributed by atoms with E-state index in [0.29, 0.717) is 16.9 Å². The summed E-state index contributed by atoms with van der Waals surface area (Å²) in [5.41, 5.74) is -0.563. The zero-order valence-electron chi connectivity index (χ0n) is 18.5. The Hall–Kier alpha value is -4.77. The molecule has 0 saturated heterocycles. The van der Waals surface area contributed by atoms with E-state index in [1.165, 1.54) is 41.2 Å². The van der Waals surface area contributed by atoms with E-state index in [4.69, 9.17) is 11.6 Å². The van der Waals surface area contributed by atoms with E-state index in [1.807, 2.05) is 0 Å². The third-order valence-corrected chi connectivity index (χ3v) is 5.58. The molecule has 0 unspecified atom stereocenters. The Morgan fingerprint density at radius 2 is 1.76 bits per heavy atom. The minimum absolute atomic E-state index is 0.0459. The van der Waals surface area contributed by atoms with E-state index in [0.717, 1.165) is 18.2 Å². The highest BCUT2D eigenvalue weighted by Gasteiger charge is 2.23. The zero-order chi connectivity index (χ0) is 26.1. The highest BCUT2D eigenvalue weighted by Crippen LogP contribution is 2.26. The molecule has 2 amide bonds. The first-order valence-corrected chi connectivity index (χ1v) is 11.0. The summed E-state index contributed by atoms with van der Waals surface area (Å²) in [4.78, 5) is 34.1. The van der Waals surface area contributed by atoms with Crippen molar-refractivity contribution in [3.05, 3.63) is 107 Å². The standard InChI is InChI=1S/C25H14ClF3N6O2/c26-15-4-3-14(11-17(15)28)32-25(37)34-19-7-5-16(27)22(23(19)29)24(36)13-2-6-18-20(10-13)33-21(12-30-18)35-9-1-8-31-35/h1-12H,(H2,32,34,37). The molecule has 0 atom stereocenters. The molecule has 2 heterocycles.